The van der Waals surface area contributed by atoms with Crippen LogP contribution in [0.4, 0.5) is 0 Å². The van der Waals surface area contributed by atoms with Gasteiger partial charge in [0.05, 0.1) is 17.9 Å². The number of nitriles is 1. The molecule has 2 heterocycles. The molecule has 1 aliphatic carbocycles. The summed E-state index contributed by atoms with van der Waals surface area (Å²) in [5.74, 6) is 1.37. The number of thiophene rings is 1. The molecule has 0 bridgehead atoms. The number of hydrogen-bond acceptors (Lipinski definition) is 5. The zero-order valence-electron chi connectivity index (χ0n) is 11.9. The second-order valence-electron chi connectivity index (χ2n) is 5.30. The number of aromatic nitrogens is 2. The summed E-state index contributed by atoms with van der Waals surface area (Å²) in [6.45, 7) is 0. The van der Waals surface area contributed by atoms with Crippen LogP contribution in [-0.2, 0) is 19.3 Å². The van der Waals surface area contributed by atoms with Crippen molar-refractivity contribution in [3.05, 3.63) is 46.6 Å². The maximum Gasteiger partial charge on any atom is 0.231 e. The van der Waals surface area contributed by atoms with E-state index in [1.807, 2.05) is 24.3 Å². The number of hydrogen-bond donors (Lipinski definition) is 0. The lowest BCUT2D eigenvalue weighted by molar-refractivity contribution is 0.468. The minimum atomic E-state index is 0.413. The van der Waals surface area contributed by atoms with Gasteiger partial charge in [0.15, 0.2) is 0 Å². The maximum absolute atomic E-state index is 8.71. The summed E-state index contributed by atoms with van der Waals surface area (Å²) >= 11 is 1.75. The molecule has 4 rings (SSSR count). The molecule has 0 saturated carbocycles. The first-order valence-corrected chi connectivity index (χ1v) is 8.06. The van der Waals surface area contributed by atoms with Crippen molar-refractivity contribution in [2.45, 2.75) is 25.7 Å². The molecular weight excluding hydrogens is 294 g/mol. The van der Waals surface area contributed by atoms with Gasteiger partial charge in [-0.3, -0.25) is 0 Å². The zero-order chi connectivity index (χ0) is 14.9. The Morgan fingerprint density at radius 2 is 2.05 bits per heavy atom. The van der Waals surface area contributed by atoms with Gasteiger partial charge >= 0.3 is 0 Å². The highest BCUT2D eigenvalue weighted by molar-refractivity contribution is 7.18. The van der Waals surface area contributed by atoms with E-state index in [2.05, 4.69) is 16.0 Å². The van der Waals surface area contributed by atoms with Crippen LogP contribution in [0.2, 0.25) is 0 Å². The lowest BCUT2D eigenvalue weighted by Crippen LogP contribution is -1.92. The van der Waals surface area contributed by atoms with Crippen LogP contribution in [-0.4, -0.2) is 9.97 Å². The minimum absolute atomic E-state index is 0.413. The Bertz CT molecular complexity index is 877. The van der Waals surface area contributed by atoms with Crippen molar-refractivity contribution in [3.63, 3.8) is 0 Å². The van der Waals surface area contributed by atoms with Crippen LogP contribution in [0.25, 0.3) is 10.2 Å². The van der Waals surface area contributed by atoms with Crippen LogP contribution in [0.15, 0.2) is 30.6 Å². The number of rotatable bonds is 3. The third-order valence-electron chi connectivity index (χ3n) is 3.89. The first-order chi connectivity index (χ1) is 10.8. The van der Waals surface area contributed by atoms with Crippen molar-refractivity contribution in [2.75, 3.05) is 0 Å². The van der Waals surface area contributed by atoms with E-state index in [1.165, 1.54) is 16.9 Å². The molecule has 0 spiro atoms. The van der Waals surface area contributed by atoms with Gasteiger partial charge in [0.25, 0.3) is 0 Å². The molecule has 3 aromatic rings. The molecule has 22 heavy (non-hydrogen) atoms. The van der Waals surface area contributed by atoms with E-state index in [4.69, 9.17) is 10.00 Å². The van der Waals surface area contributed by atoms with Crippen LogP contribution in [0.1, 0.15) is 22.4 Å². The van der Waals surface area contributed by atoms with Crippen molar-refractivity contribution in [1.82, 2.24) is 9.97 Å². The van der Waals surface area contributed by atoms with Gasteiger partial charge in [0.1, 0.15) is 16.9 Å². The topological polar surface area (TPSA) is 58.8 Å². The summed E-state index contributed by atoms with van der Waals surface area (Å²) in [4.78, 5) is 11.1. The normalized spacial score (nSPS) is 13.0. The number of benzene rings is 1. The molecule has 108 valence electrons. The quantitative estimate of drug-likeness (QED) is 0.732. The van der Waals surface area contributed by atoms with Gasteiger partial charge in [-0.05, 0) is 42.5 Å². The highest BCUT2D eigenvalue weighted by atomic mass is 32.1. The molecule has 0 atom stereocenters. The summed E-state index contributed by atoms with van der Waals surface area (Å²) in [6.07, 6.45) is 5.40. The molecule has 0 radical (unpaired) electrons. The SMILES string of the molecule is N#CCc1ccc(Oc2ncnc3sc4c(c23)CCC4)cc1. The second-order valence-corrected chi connectivity index (χ2v) is 6.38. The van der Waals surface area contributed by atoms with E-state index in [0.717, 1.165) is 34.4 Å². The summed E-state index contributed by atoms with van der Waals surface area (Å²) < 4.78 is 5.98. The fourth-order valence-electron chi connectivity index (χ4n) is 2.86. The monoisotopic (exact) mass is 307 g/mol. The van der Waals surface area contributed by atoms with Gasteiger partial charge in [-0.2, -0.15) is 5.26 Å². The third-order valence-corrected chi connectivity index (χ3v) is 5.09. The Hall–Kier alpha value is -2.45. The zero-order valence-corrected chi connectivity index (χ0v) is 12.7. The van der Waals surface area contributed by atoms with E-state index in [-0.39, 0.29) is 0 Å². The highest BCUT2D eigenvalue weighted by Crippen LogP contribution is 2.40. The number of nitrogens with zero attached hydrogens (tertiary/aromatic N) is 3. The van der Waals surface area contributed by atoms with E-state index >= 15 is 0 Å². The molecule has 5 heteroatoms. The van der Waals surface area contributed by atoms with Crippen LogP contribution in [0.3, 0.4) is 0 Å². The molecule has 0 fully saturated rings. The molecule has 2 aromatic heterocycles. The molecule has 0 amide bonds. The van der Waals surface area contributed by atoms with Crippen molar-refractivity contribution < 1.29 is 4.74 Å². The fraction of sp³-hybridized carbons (Fsp3) is 0.235. The second kappa shape index (κ2) is 5.39. The molecular formula is C17H13N3OS. The minimum Gasteiger partial charge on any atom is -0.438 e. The van der Waals surface area contributed by atoms with Gasteiger partial charge in [-0.1, -0.05) is 12.1 Å². The highest BCUT2D eigenvalue weighted by Gasteiger charge is 2.22. The third kappa shape index (κ3) is 2.22. The largest absolute Gasteiger partial charge is 0.438 e. The van der Waals surface area contributed by atoms with E-state index < -0.39 is 0 Å². The average Bonchev–Trinajstić information content (AvgIpc) is 3.10. The Kier molecular flexibility index (Phi) is 3.24. The number of fused-ring (bicyclic) bond motifs is 3. The summed E-state index contributed by atoms with van der Waals surface area (Å²) in [7, 11) is 0. The Balaban J connectivity index is 1.71. The first-order valence-electron chi connectivity index (χ1n) is 7.24. The molecule has 0 aliphatic heterocycles. The Morgan fingerprint density at radius 3 is 2.86 bits per heavy atom. The van der Waals surface area contributed by atoms with Gasteiger partial charge in [-0.15, -0.1) is 11.3 Å². The average molecular weight is 307 g/mol. The van der Waals surface area contributed by atoms with E-state index in [1.54, 1.807) is 17.7 Å². The van der Waals surface area contributed by atoms with E-state index in [0.29, 0.717) is 12.3 Å². The van der Waals surface area contributed by atoms with Crippen LogP contribution < -0.4 is 4.74 Å². The molecule has 1 aromatic carbocycles. The van der Waals surface area contributed by atoms with Crippen molar-refractivity contribution in [1.29, 1.82) is 5.26 Å². The van der Waals surface area contributed by atoms with Gasteiger partial charge in [0.2, 0.25) is 5.88 Å². The molecule has 4 nitrogen and oxygen atoms in total. The van der Waals surface area contributed by atoms with Crippen LogP contribution in [0.5, 0.6) is 11.6 Å². The van der Waals surface area contributed by atoms with Crippen LogP contribution >= 0.6 is 11.3 Å². The molecule has 0 unspecified atom stereocenters. The standard InChI is InChI=1S/C17H13N3OS/c18-9-8-11-4-6-12(7-5-11)21-16-15-13-2-1-3-14(13)22-17(15)20-10-19-16/h4-7,10H,1-3,8H2. The van der Waals surface area contributed by atoms with Crippen molar-refractivity contribution in [2.24, 2.45) is 0 Å². The maximum atomic E-state index is 8.71. The summed E-state index contributed by atoms with van der Waals surface area (Å²) in [5.41, 5.74) is 2.34. The van der Waals surface area contributed by atoms with Gasteiger partial charge < -0.3 is 4.74 Å². The number of aryl methyl sites for hydroxylation is 2. The Labute approximate surface area is 132 Å². The van der Waals surface area contributed by atoms with Gasteiger partial charge in [-0.25, -0.2) is 9.97 Å². The van der Waals surface area contributed by atoms with Crippen molar-refractivity contribution >= 4 is 21.6 Å². The Morgan fingerprint density at radius 1 is 1.18 bits per heavy atom. The molecule has 1 aliphatic rings. The van der Waals surface area contributed by atoms with E-state index in [9.17, 15) is 0 Å². The lowest BCUT2D eigenvalue weighted by atomic mass is 10.1. The van der Waals surface area contributed by atoms with Crippen LogP contribution in [0, 0.1) is 11.3 Å². The molecule has 0 N–H and O–H groups in total. The summed E-state index contributed by atoms with van der Waals surface area (Å²) in [5, 5.41) is 9.78. The number of ether oxygens (including phenoxy) is 1. The smallest absolute Gasteiger partial charge is 0.231 e. The predicted molar refractivity (Wildman–Crippen MR) is 85.3 cm³/mol. The van der Waals surface area contributed by atoms with Gasteiger partial charge in [0, 0.05) is 4.88 Å². The fourth-order valence-corrected chi connectivity index (χ4v) is 4.07. The van der Waals surface area contributed by atoms with Crippen molar-refractivity contribution in [3.8, 4) is 17.7 Å². The summed E-state index contributed by atoms with van der Waals surface area (Å²) in [6, 6.07) is 9.73. The first kappa shape index (κ1) is 13.2. The molecule has 0 saturated heterocycles. The predicted octanol–water partition coefficient (Wildman–Crippen LogP) is 4.04. The lowest BCUT2D eigenvalue weighted by Gasteiger charge is -2.07.